The molecule has 0 atom stereocenters. The Labute approximate surface area is 155 Å². The third-order valence-electron chi connectivity index (χ3n) is 4.61. The zero-order chi connectivity index (χ0) is 16.4. The van der Waals surface area contributed by atoms with E-state index >= 15 is 0 Å². The lowest BCUT2D eigenvalue weighted by atomic mass is 10.1. The van der Waals surface area contributed by atoms with E-state index in [-0.39, 0.29) is 17.3 Å². The summed E-state index contributed by atoms with van der Waals surface area (Å²) in [4.78, 5) is 0.229. The number of sulfonamides is 1. The van der Waals surface area contributed by atoms with Gasteiger partial charge in [0.1, 0.15) is 5.75 Å². The highest BCUT2D eigenvalue weighted by atomic mass is 35.5. The van der Waals surface area contributed by atoms with Crippen LogP contribution >= 0.6 is 24.0 Å². The lowest BCUT2D eigenvalue weighted by Gasteiger charge is -2.31. The van der Waals surface area contributed by atoms with Gasteiger partial charge in [0.25, 0.3) is 0 Å². The smallest absolute Gasteiger partial charge is 0.243 e. The van der Waals surface area contributed by atoms with Gasteiger partial charge < -0.3 is 10.1 Å². The highest BCUT2D eigenvalue weighted by molar-refractivity contribution is 7.89. The molecule has 1 aliphatic carbocycles. The second-order valence-corrected chi connectivity index (χ2v) is 8.67. The van der Waals surface area contributed by atoms with Crippen LogP contribution in [0.3, 0.4) is 0 Å². The first-order chi connectivity index (χ1) is 11.0. The molecular weight excluding hydrogens is 371 g/mol. The van der Waals surface area contributed by atoms with Crippen molar-refractivity contribution in [1.29, 1.82) is 0 Å². The van der Waals surface area contributed by atoms with Crippen LogP contribution in [0, 0.1) is 5.92 Å². The van der Waals surface area contributed by atoms with Crippen molar-refractivity contribution in [2.45, 2.75) is 36.6 Å². The lowest BCUT2D eigenvalue weighted by molar-refractivity contribution is 0.288. The number of benzene rings is 1. The second-order valence-electron chi connectivity index (χ2n) is 6.33. The predicted molar refractivity (Wildman–Crippen MR) is 97.8 cm³/mol. The number of methoxy groups -OCH3 is 1. The number of hydrogen-bond donors (Lipinski definition) is 1. The Bertz CT molecular complexity index is 657. The van der Waals surface area contributed by atoms with Crippen LogP contribution in [-0.2, 0) is 10.0 Å². The van der Waals surface area contributed by atoms with Crippen molar-refractivity contribution >= 4 is 34.0 Å². The van der Waals surface area contributed by atoms with E-state index in [4.69, 9.17) is 16.3 Å². The molecule has 1 aromatic carbocycles. The number of ether oxygens (including phenoxy) is 1. The normalized spacial score (nSPS) is 19.8. The van der Waals surface area contributed by atoms with Gasteiger partial charge in [0.2, 0.25) is 10.0 Å². The molecule has 1 N–H and O–H groups in total. The summed E-state index contributed by atoms with van der Waals surface area (Å²) in [6, 6.07) is 5.05. The van der Waals surface area contributed by atoms with Crippen LogP contribution in [0.4, 0.5) is 0 Å². The summed E-state index contributed by atoms with van der Waals surface area (Å²) >= 11 is 6.06. The Hall–Kier alpha value is -0.530. The average Bonchev–Trinajstić information content (AvgIpc) is 3.37. The first kappa shape index (κ1) is 19.8. The number of nitrogens with zero attached hydrogens (tertiary/aromatic N) is 1. The van der Waals surface area contributed by atoms with Gasteiger partial charge in [-0.05, 0) is 56.3 Å². The van der Waals surface area contributed by atoms with Crippen molar-refractivity contribution in [2.24, 2.45) is 5.92 Å². The Kier molecular flexibility index (Phi) is 6.79. The summed E-state index contributed by atoms with van der Waals surface area (Å²) in [6.07, 6.45) is 4.38. The minimum atomic E-state index is -3.49. The van der Waals surface area contributed by atoms with Crippen molar-refractivity contribution in [3.05, 3.63) is 23.2 Å². The number of nitrogens with one attached hydrogen (secondary N) is 1. The van der Waals surface area contributed by atoms with Crippen LogP contribution < -0.4 is 10.1 Å². The summed E-state index contributed by atoms with van der Waals surface area (Å²) in [5.74, 6) is 1.33. The highest BCUT2D eigenvalue weighted by Gasteiger charge is 2.30. The molecule has 0 unspecified atom stereocenters. The number of halogens is 2. The maximum absolute atomic E-state index is 12.7. The summed E-state index contributed by atoms with van der Waals surface area (Å²) < 4.78 is 32.1. The topological polar surface area (TPSA) is 58.6 Å². The molecule has 1 saturated heterocycles. The maximum Gasteiger partial charge on any atom is 0.243 e. The fraction of sp³-hybridized carbons (Fsp3) is 0.625. The Morgan fingerprint density at radius 3 is 2.46 bits per heavy atom. The van der Waals surface area contributed by atoms with Crippen molar-refractivity contribution in [1.82, 2.24) is 9.62 Å². The van der Waals surface area contributed by atoms with E-state index in [0.29, 0.717) is 29.9 Å². The van der Waals surface area contributed by atoms with Gasteiger partial charge in [-0.2, -0.15) is 4.31 Å². The first-order valence-electron chi connectivity index (χ1n) is 8.08. The zero-order valence-electron chi connectivity index (χ0n) is 13.7. The molecule has 1 aromatic rings. The van der Waals surface area contributed by atoms with Crippen LogP contribution in [0.1, 0.15) is 25.7 Å². The minimum Gasteiger partial charge on any atom is -0.495 e. The molecule has 0 bridgehead atoms. The molecule has 0 spiro atoms. The molecule has 5 nitrogen and oxygen atoms in total. The fourth-order valence-corrected chi connectivity index (χ4v) is 4.73. The van der Waals surface area contributed by atoms with Gasteiger partial charge in [-0.15, -0.1) is 12.4 Å². The molecule has 8 heteroatoms. The van der Waals surface area contributed by atoms with Gasteiger partial charge >= 0.3 is 0 Å². The third kappa shape index (κ3) is 4.55. The van der Waals surface area contributed by atoms with Gasteiger partial charge in [-0.3, -0.25) is 0 Å². The molecule has 2 aliphatic rings. The van der Waals surface area contributed by atoms with Crippen LogP contribution in [-0.4, -0.2) is 45.5 Å². The molecule has 2 fully saturated rings. The summed E-state index contributed by atoms with van der Waals surface area (Å²) in [5.41, 5.74) is 0. The molecule has 24 heavy (non-hydrogen) atoms. The highest BCUT2D eigenvalue weighted by Crippen LogP contribution is 2.30. The van der Waals surface area contributed by atoms with Crippen molar-refractivity contribution in [3.8, 4) is 5.75 Å². The van der Waals surface area contributed by atoms with Crippen molar-refractivity contribution < 1.29 is 13.2 Å². The van der Waals surface area contributed by atoms with Crippen LogP contribution in [0.5, 0.6) is 5.75 Å². The quantitative estimate of drug-likeness (QED) is 0.805. The lowest BCUT2D eigenvalue weighted by Crippen LogP contribution is -2.45. The van der Waals surface area contributed by atoms with E-state index < -0.39 is 10.0 Å². The number of piperidine rings is 1. The zero-order valence-corrected chi connectivity index (χ0v) is 16.1. The van der Waals surface area contributed by atoms with E-state index in [1.807, 2.05) is 0 Å². The summed E-state index contributed by atoms with van der Waals surface area (Å²) in [5, 5.41) is 3.87. The van der Waals surface area contributed by atoms with Gasteiger partial charge in [0.15, 0.2) is 0 Å². The molecule has 1 heterocycles. The first-order valence-corrected chi connectivity index (χ1v) is 9.89. The standard InChI is InChI=1S/C16H23ClN2O3S.ClH/c1-22-16-5-4-14(10-15(16)17)23(20,21)19-8-6-13(7-9-19)18-11-12-2-3-12;/h4-5,10,12-13,18H,2-3,6-9,11H2,1H3;1H. The van der Waals surface area contributed by atoms with E-state index in [2.05, 4.69) is 5.32 Å². The largest absolute Gasteiger partial charge is 0.495 e. The van der Waals surface area contributed by atoms with Crippen LogP contribution in [0.15, 0.2) is 23.1 Å². The van der Waals surface area contributed by atoms with Gasteiger partial charge in [-0.25, -0.2) is 8.42 Å². The molecule has 1 aliphatic heterocycles. The fourth-order valence-electron chi connectivity index (χ4n) is 2.91. The molecule has 3 rings (SSSR count). The van der Waals surface area contributed by atoms with Gasteiger partial charge in [-0.1, -0.05) is 11.6 Å². The monoisotopic (exact) mass is 394 g/mol. The maximum atomic E-state index is 12.7. The van der Waals surface area contributed by atoms with Gasteiger partial charge in [0.05, 0.1) is 17.0 Å². The Morgan fingerprint density at radius 1 is 1.25 bits per heavy atom. The Morgan fingerprint density at radius 2 is 1.92 bits per heavy atom. The van der Waals surface area contributed by atoms with Crippen LogP contribution in [0.2, 0.25) is 5.02 Å². The molecule has 136 valence electrons. The predicted octanol–water partition coefficient (Wildman–Crippen LogP) is 2.92. The summed E-state index contributed by atoms with van der Waals surface area (Å²) in [6.45, 7) is 2.17. The molecule has 0 amide bonds. The number of hydrogen-bond acceptors (Lipinski definition) is 4. The average molecular weight is 395 g/mol. The molecule has 1 saturated carbocycles. The number of rotatable bonds is 6. The van der Waals surface area contributed by atoms with E-state index in [1.165, 1.54) is 26.0 Å². The van der Waals surface area contributed by atoms with Crippen molar-refractivity contribution in [3.63, 3.8) is 0 Å². The van der Waals surface area contributed by atoms with Crippen LogP contribution in [0.25, 0.3) is 0 Å². The molecule has 0 radical (unpaired) electrons. The van der Waals surface area contributed by atoms with Crippen molar-refractivity contribution in [2.75, 3.05) is 26.7 Å². The Balaban J connectivity index is 0.00000208. The van der Waals surface area contributed by atoms with E-state index in [9.17, 15) is 8.42 Å². The van der Waals surface area contributed by atoms with E-state index in [1.54, 1.807) is 16.4 Å². The van der Waals surface area contributed by atoms with E-state index in [0.717, 1.165) is 25.3 Å². The third-order valence-corrected chi connectivity index (χ3v) is 6.80. The minimum absolute atomic E-state index is 0. The van der Waals surface area contributed by atoms with Gasteiger partial charge in [0, 0.05) is 19.1 Å². The summed E-state index contributed by atoms with van der Waals surface area (Å²) in [7, 11) is -1.98. The second kappa shape index (κ2) is 8.23. The SMILES string of the molecule is COc1ccc(S(=O)(=O)N2CCC(NCC3CC3)CC2)cc1Cl.Cl. The molecular formula is C16H24Cl2N2O3S. The molecule has 0 aromatic heterocycles.